The molecule has 1 aromatic rings. The number of benzene rings is 1. The van der Waals surface area contributed by atoms with Gasteiger partial charge in [0.05, 0.1) is 7.14 Å². The summed E-state index contributed by atoms with van der Waals surface area (Å²) in [4.78, 5) is 0. The van der Waals surface area contributed by atoms with Gasteiger partial charge in [0.15, 0.2) is 0 Å². The molecule has 1 aromatic carbocycles. The van der Waals surface area contributed by atoms with Crippen molar-refractivity contribution in [1.82, 2.24) is 0 Å². The summed E-state index contributed by atoms with van der Waals surface area (Å²) in [7, 11) is -2.02. The van der Waals surface area contributed by atoms with Crippen LogP contribution < -0.4 is 0 Å². The zero-order valence-corrected chi connectivity index (χ0v) is 16.1. The van der Waals surface area contributed by atoms with Gasteiger partial charge in [-0.1, -0.05) is 94.9 Å². The predicted molar refractivity (Wildman–Crippen MR) is 106 cm³/mol. The van der Waals surface area contributed by atoms with Gasteiger partial charge in [0.25, 0.3) is 0 Å². The molecule has 0 radical (unpaired) electrons. The summed E-state index contributed by atoms with van der Waals surface area (Å²) in [6.07, 6.45) is 16.7. The van der Waals surface area contributed by atoms with E-state index < -0.39 is 7.14 Å². The van der Waals surface area contributed by atoms with Gasteiger partial charge in [0.1, 0.15) is 0 Å². The first kappa shape index (κ1) is 20.2. The lowest BCUT2D eigenvalue weighted by molar-refractivity contribution is 0.567. The van der Waals surface area contributed by atoms with Gasteiger partial charge in [-0.05, 0) is 18.4 Å². The van der Waals surface area contributed by atoms with Gasteiger partial charge in [0, 0.05) is 18.5 Å². The Kier molecular flexibility index (Phi) is 11.1. The largest absolute Gasteiger partial charge is 0.323 e. The predicted octanol–water partition coefficient (Wildman–Crippen LogP) is 7.22. The standard InChI is InChI=1S/C21H35OP/c1-3-5-7-12-18-23(22,19-13-8-6-4-2)20-14-17-21-15-10-9-11-16-21/h9-11,14-17H,3-8,12-13,18-20H2,1-2H3. The molecule has 0 aliphatic carbocycles. The second-order valence-corrected chi connectivity index (χ2v) is 10.00. The van der Waals surface area contributed by atoms with Crippen LogP contribution in [0, 0.1) is 0 Å². The molecule has 2 heteroatoms. The first-order valence-electron chi connectivity index (χ1n) is 9.49. The highest BCUT2D eigenvalue weighted by atomic mass is 31.2. The first-order chi connectivity index (χ1) is 11.2. The van der Waals surface area contributed by atoms with Crippen LogP contribution in [0.5, 0.6) is 0 Å². The number of allylic oxidation sites excluding steroid dienone is 1. The van der Waals surface area contributed by atoms with Crippen molar-refractivity contribution >= 4 is 13.2 Å². The molecule has 0 aromatic heterocycles. The number of hydrogen-bond donors (Lipinski definition) is 0. The minimum atomic E-state index is -2.02. The maximum Gasteiger partial charge on any atom is 0.0913 e. The zero-order chi connectivity index (χ0) is 16.8. The van der Waals surface area contributed by atoms with Crippen molar-refractivity contribution in [3.05, 3.63) is 42.0 Å². The molecule has 0 aliphatic rings. The molecule has 0 bridgehead atoms. The Labute approximate surface area is 144 Å². The summed E-state index contributed by atoms with van der Waals surface area (Å²) in [6.45, 7) is 4.46. The summed E-state index contributed by atoms with van der Waals surface area (Å²) in [5.74, 6) is 0. The Morgan fingerprint density at radius 2 is 1.39 bits per heavy atom. The number of unbranched alkanes of at least 4 members (excludes halogenated alkanes) is 6. The lowest BCUT2D eigenvalue weighted by atomic mass is 10.2. The van der Waals surface area contributed by atoms with E-state index in [2.05, 4.69) is 50.3 Å². The van der Waals surface area contributed by atoms with Crippen LogP contribution in [-0.2, 0) is 4.57 Å². The summed E-state index contributed by atoms with van der Waals surface area (Å²) < 4.78 is 13.3. The Bertz CT molecular complexity index is 448. The van der Waals surface area contributed by atoms with E-state index in [1.54, 1.807) is 0 Å². The van der Waals surface area contributed by atoms with Gasteiger partial charge in [-0.15, -0.1) is 0 Å². The van der Waals surface area contributed by atoms with Crippen LogP contribution in [0.2, 0.25) is 0 Å². The van der Waals surface area contributed by atoms with Gasteiger partial charge in [0.2, 0.25) is 0 Å². The van der Waals surface area contributed by atoms with E-state index in [-0.39, 0.29) is 0 Å². The van der Waals surface area contributed by atoms with E-state index in [1.807, 2.05) is 6.07 Å². The monoisotopic (exact) mass is 334 g/mol. The Balaban J connectivity index is 2.51. The molecular formula is C21H35OP. The molecule has 0 spiro atoms. The third-order valence-electron chi connectivity index (χ3n) is 4.39. The van der Waals surface area contributed by atoms with Crippen molar-refractivity contribution in [2.75, 3.05) is 18.5 Å². The molecule has 0 amide bonds. The number of hydrogen-bond acceptors (Lipinski definition) is 1. The lowest BCUT2D eigenvalue weighted by Crippen LogP contribution is -2.00. The highest BCUT2D eigenvalue weighted by Gasteiger charge is 2.19. The fourth-order valence-electron chi connectivity index (χ4n) is 2.89. The van der Waals surface area contributed by atoms with Crippen molar-refractivity contribution in [1.29, 1.82) is 0 Å². The second-order valence-electron chi connectivity index (χ2n) is 6.62. The third kappa shape index (κ3) is 9.82. The van der Waals surface area contributed by atoms with Gasteiger partial charge in [-0.25, -0.2) is 0 Å². The Morgan fingerprint density at radius 1 is 0.826 bits per heavy atom. The topological polar surface area (TPSA) is 17.1 Å². The fraction of sp³-hybridized carbons (Fsp3) is 0.619. The van der Waals surface area contributed by atoms with Gasteiger partial charge in [-0.3, -0.25) is 0 Å². The van der Waals surface area contributed by atoms with Crippen molar-refractivity contribution < 1.29 is 4.57 Å². The van der Waals surface area contributed by atoms with Crippen LogP contribution in [0.4, 0.5) is 0 Å². The smallest absolute Gasteiger partial charge is 0.0913 e. The zero-order valence-electron chi connectivity index (χ0n) is 15.2. The number of rotatable bonds is 13. The van der Waals surface area contributed by atoms with Crippen LogP contribution in [-0.4, -0.2) is 18.5 Å². The van der Waals surface area contributed by atoms with Gasteiger partial charge >= 0.3 is 0 Å². The van der Waals surface area contributed by atoms with Crippen LogP contribution in [0.3, 0.4) is 0 Å². The highest BCUT2D eigenvalue weighted by molar-refractivity contribution is 7.64. The highest BCUT2D eigenvalue weighted by Crippen LogP contribution is 2.47. The minimum Gasteiger partial charge on any atom is -0.323 e. The summed E-state index contributed by atoms with van der Waals surface area (Å²) in [5, 5.41) is 0. The molecule has 0 N–H and O–H groups in total. The molecule has 0 heterocycles. The second kappa shape index (κ2) is 12.6. The molecule has 0 aliphatic heterocycles. The lowest BCUT2D eigenvalue weighted by Gasteiger charge is -2.16. The molecule has 0 atom stereocenters. The summed E-state index contributed by atoms with van der Waals surface area (Å²) in [5.41, 5.74) is 1.20. The van der Waals surface area contributed by atoms with E-state index in [0.717, 1.165) is 31.3 Å². The van der Waals surface area contributed by atoms with Crippen molar-refractivity contribution in [3.63, 3.8) is 0 Å². The van der Waals surface area contributed by atoms with Crippen LogP contribution >= 0.6 is 7.14 Å². The van der Waals surface area contributed by atoms with Gasteiger partial charge in [-0.2, -0.15) is 0 Å². The minimum absolute atomic E-state index is 0.778. The molecule has 1 nitrogen and oxygen atoms in total. The average molecular weight is 334 g/mol. The van der Waals surface area contributed by atoms with Crippen LogP contribution in [0.15, 0.2) is 36.4 Å². The van der Waals surface area contributed by atoms with Crippen molar-refractivity contribution in [2.45, 2.75) is 65.2 Å². The van der Waals surface area contributed by atoms with E-state index >= 15 is 0 Å². The summed E-state index contributed by atoms with van der Waals surface area (Å²) in [6, 6.07) is 10.3. The summed E-state index contributed by atoms with van der Waals surface area (Å²) >= 11 is 0. The normalized spacial score (nSPS) is 12.1. The average Bonchev–Trinajstić information content (AvgIpc) is 2.57. The molecule has 0 unspecified atom stereocenters. The van der Waals surface area contributed by atoms with Crippen LogP contribution in [0.25, 0.3) is 6.08 Å². The molecule has 130 valence electrons. The van der Waals surface area contributed by atoms with Gasteiger partial charge < -0.3 is 4.57 Å². The van der Waals surface area contributed by atoms with Crippen molar-refractivity contribution in [2.24, 2.45) is 0 Å². The molecule has 0 saturated carbocycles. The van der Waals surface area contributed by atoms with Crippen LogP contribution in [0.1, 0.15) is 70.8 Å². The maximum atomic E-state index is 13.3. The Morgan fingerprint density at radius 3 is 1.91 bits per heavy atom. The van der Waals surface area contributed by atoms with E-state index in [4.69, 9.17) is 0 Å². The SMILES string of the molecule is CCCCCCP(=O)(CC=Cc1ccccc1)CCCCCC. The molecule has 23 heavy (non-hydrogen) atoms. The molecular weight excluding hydrogens is 299 g/mol. The first-order valence-corrected chi connectivity index (χ1v) is 11.7. The fourth-order valence-corrected chi connectivity index (χ4v) is 5.57. The molecule has 0 saturated heterocycles. The van der Waals surface area contributed by atoms with E-state index in [0.29, 0.717) is 0 Å². The quantitative estimate of drug-likeness (QED) is 0.275. The van der Waals surface area contributed by atoms with E-state index in [9.17, 15) is 4.57 Å². The van der Waals surface area contributed by atoms with Crippen molar-refractivity contribution in [3.8, 4) is 0 Å². The molecule has 0 fully saturated rings. The van der Waals surface area contributed by atoms with E-state index in [1.165, 1.54) is 44.1 Å². The third-order valence-corrected chi connectivity index (χ3v) is 7.53. The maximum absolute atomic E-state index is 13.3. The Hall–Kier alpha value is -0.810. The molecule has 1 rings (SSSR count).